The fraction of sp³-hybridized carbons (Fsp3) is 0.333. The SMILES string of the molecule is CC(=O)Nc1sc2c(c1C(N)=O)CC(C)(C)c1ccc(C)cc1-2. The summed E-state index contributed by atoms with van der Waals surface area (Å²) < 4.78 is 0. The molecule has 3 rings (SSSR count). The second-order valence-electron chi connectivity index (χ2n) is 6.77. The Morgan fingerprint density at radius 1 is 1.30 bits per heavy atom. The van der Waals surface area contributed by atoms with Crippen molar-refractivity contribution >= 4 is 28.2 Å². The van der Waals surface area contributed by atoms with Gasteiger partial charge in [0.15, 0.2) is 0 Å². The quantitative estimate of drug-likeness (QED) is 0.884. The molecular formula is C18H20N2O2S. The van der Waals surface area contributed by atoms with Crippen molar-refractivity contribution in [3.8, 4) is 10.4 Å². The van der Waals surface area contributed by atoms with E-state index in [1.807, 2.05) is 0 Å². The number of hydrogen-bond acceptors (Lipinski definition) is 3. The van der Waals surface area contributed by atoms with Gasteiger partial charge in [-0.3, -0.25) is 9.59 Å². The van der Waals surface area contributed by atoms with Crippen LogP contribution in [0.15, 0.2) is 18.2 Å². The van der Waals surface area contributed by atoms with E-state index >= 15 is 0 Å². The van der Waals surface area contributed by atoms with Crippen LogP contribution < -0.4 is 11.1 Å². The Bertz CT molecular complexity index is 834. The largest absolute Gasteiger partial charge is 0.365 e. The summed E-state index contributed by atoms with van der Waals surface area (Å²) in [4.78, 5) is 24.5. The molecule has 1 aromatic carbocycles. The van der Waals surface area contributed by atoms with Crippen LogP contribution in [0.2, 0.25) is 0 Å². The highest BCUT2D eigenvalue weighted by molar-refractivity contribution is 7.20. The van der Waals surface area contributed by atoms with Gasteiger partial charge in [0.1, 0.15) is 5.00 Å². The highest BCUT2D eigenvalue weighted by atomic mass is 32.1. The third-order valence-electron chi connectivity index (χ3n) is 4.31. The number of primary amides is 1. The Hall–Kier alpha value is -2.14. The fourth-order valence-corrected chi connectivity index (χ4v) is 4.63. The first-order chi connectivity index (χ1) is 10.7. The Kier molecular flexibility index (Phi) is 3.56. The van der Waals surface area contributed by atoms with Gasteiger partial charge in [-0.15, -0.1) is 11.3 Å². The summed E-state index contributed by atoms with van der Waals surface area (Å²) in [5, 5.41) is 3.32. The van der Waals surface area contributed by atoms with E-state index in [2.05, 4.69) is 44.3 Å². The molecule has 1 aliphatic rings. The second-order valence-corrected chi connectivity index (χ2v) is 7.79. The van der Waals surface area contributed by atoms with E-state index < -0.39 is 5.91 Å². The van der Waals surface area contributed by atoms with E-state index in [4.69, 9.17) is 5.73 Å². The topological polar surface area (TPSA) is 72.2 Å². The number of nitrogens with one attached hydrogen (secondary N) is 1. The highest BCUT2D eigenvalue weighted by Crippen LogP contribution is 2.50. The third-order valence-corrected chi connectivity index (χ3v) is 5.49. The van der Waals surface area contributed by atoms with Crippen LogP contribution in [0.3, 0.4) is 0 Å². The minimum Gasteiger partial charge on any atom is -0.365 e. The predicted octanol–water partition coefficient (Wildman–Crippen LogP) is 3.61. The van der Waals surface area contributed by atoms with Gasteiger partial charge in [-0.05, 0) is 35.4 Å². The molecule has 0 bridgehead atoms. The van der Waals surface area contributed by atoms with Crippen molar-refractivity contribution in [1.82, 2.24) is 0 Å². The number of amides is 2. The number of fused-ring (bicyclic) bond motifs is 3. The van der Waals surface area contributed by atoms with Gasteiger partial charge in [0, 0.05) is 11.8 Å². The summed E-state index contributed by atoms with van der Waals surface area (Å²) >= 11 is 1.44. The van der Waals surface area contributed by atoms with Crippen LogP contribution in [0.25, 0.3) is 10.4 Å². The first kappa shape index (κ1) is 15.7. The maximum Gasteiger partial charge on any atom is 0.252 e. The summed E-state index contributed by atoms with van der Waals surface area (Å²) in [5.41, 5.74) is 10.5. The molecule has 1 aliphatic carbocycles. The number of thiophene rings is 1. The number of nitrogens with two attached hydrogens (primary N) is 1. The molecule has 120 valence electrons. The van der Waals surface area contributed by atoms with E-state index in [1.54, 1.807) is 0 Å². The number of carbonyl (C=O) groups is 2. The molecule has 0 radical (unpaired) electrons. The van der Waals surface area contributed by atoms with Crippen LogP contribution in [-0.2, 0) is 16.6 Å². The summed E-state index contributed by atoms with van der Waals surface area (Å²) in [6, 6.07) is 6.42. The molecule has 4 nitrogen and oxygen atoms in total. The first-order valence-electron chi connectivity index (χ1n) is 7.55. The van der Waals surface area contributed by atoms with Gasteiger partial charge in [0.25, 0.3) is 5.91 Å². The minimum absolute atomic E-state index is 0.0885. The molecule has 1 aromatic heterocycles. The van der Waals surface area contributed by atoms with Gasteiger partial charge in [-0.1, -0.05) is 37.6 Å². The van der Waals surface area contributed by atoms with Gasteiger partial charge in [0.2, 0.25) is 5.91 Å². The second kappa shape index (κ2) is 5.20. The lowest BCUT2D eigenvalue weighted by molar-refractivity contribution is -0.114. The molecule has 3 N–H and O–H groups in total. The Balaban J connectivity index is 2.31. The number of anilines is 1. The molecule has 0 unspecified atom stereocenters. The van der Waals surface area contributed by atoms with E-state index in [1.165, 1.54) is 29.4 Å². The Morgan fingerprint density at radius 3 is 2.61 bits per heavy atom. The monoisotopic (exact) mass is 328 g/mol. The molecule has 0 spiro atoms. The van der Waals surface area contributed by atoms with Crippen LogP contribution in [0.4, 0.5) is 5.00 Å². The molecule has 2 amide bonds. The lowest BCUT2D eigenvalue weighted by Gasteiger charge is -2.33. The number of benzene rings is 1. The zero-order chi connectivity index (χ0) is 16.9. The van der Waals surface area contributed by atoms with E-state index in [9.17, 15) is 9.59 Å². The van der Waals surface area contributed by atoms with Gasteiger partial charge >= 0.3 is 0 Å². The van der Waals surface area contributed by atoms with Crippen LogP contribution >= 0.6 is 11.3 Å². The van der Waals surface area contributed by atoms with E-state index in [0.29, 0.717) is 10.6 Å². The third kappa shape index (κ3) is 2.55. The molecule has 0 saturated carbocycles. The summed E-state index contributed by atoms with van der Waals surface area (Å²) in [7, 11) is 0. The molecule has 5 heteroatoms. The fourth-order valence-electron chi connectivity index (χ4n) is 3.33. The number of aryl methyl sites for hydroxylation is 1. The van der Waals surface area contributed by atoms with Gasteiger partial charge < -0.3 is 11.1 Å². The van der Waals surface area contributed by atoms with Crippen molar-refractivity contribution in [3.63, 3.8) is 0 Å². The molecular weight excluding hydrogens is 308 g/mol. The first-order valence-corrected chi connectivity index (χ1v) is 8.37. The van der Waals surface area contributed by atoms with Crippen LogP contribution in [0, 0.1) is 6.92 Å². The number of carbonyl (C=O) groups excluding carboxylic acids is 2. The highest BCUT2D eigenvalue weighted by Gasteiger charge is 2.36. The van der Waals surface area contributed by atoms with Crippen molar-refractivity contribution < 1.29 is 9.59 Å². The van der Waals surface area contributed by atoms with Gasteiger partial charge in [0.05, 0.1) is 5.56 Å². The summed E-state index contributed by atoms with van der Waals surface area (Å²) in [6.07, 6.45) is 0.729. The van der Waals surface area contributed by atoms with Crippen LogP contribution in [-0.4, -0.2) is 11.8 Å². The molecule has 1 heterocycles. The Morgan fingerprint density at radius 2 is 2.00 bits per heavy atom. The minimum atomic E-state index is -0.488. The Labute approximate surface area is 139 Å². The average molecular weight is 328 g/mol. The normalized spacial score (nSPS) is 14.8. The maximum atomic E-state index is 12.0. The number of rotatable bonds is 2. The molecule has 0 saturated heterocycles. The van der Waals surface area contributed by atoms with Crippen LogP contribution in [0.1, 0.15) is 47.8 Å². The lowest BCUT2D eigenvalue weighted by atomic mass is 9.71. The lowest BCUT2D eigenvalue weighted by Crippen LogP contribution is -2.27. The molecule has 2 aromatic rings. The van der Waals surface area contributed by atoms with Gasteiger partial charge in [-0.25, -0.2) is 0 Å². The van der Waals surface area contributed by atoms with Crippen molar-refractivity contribution in [2.75, 3.05) is 5.32 Å². The van der Waals surface area contributed by atoms with Crippen molar-refractivity contribution in [3.05, 3.63) is 40.5 Å². The molecule has 0 atom stereocenters. The van der Waals surface area contributed by atoms with Crippen molar-refractivity contribution in [2.45, 2.75) is 39.5 Å². The smallest absolute Gasteiger partial charge is 0.252 e. The van der Waals surface area contributed by atoms with E-state index in [-0.39, 0.29) is 11.3 Å². The predicted molar refractivity (Wildman–Crippen MR) is 94.0 cm³/mol. The van der Waals surface area contributed by atoms with Crippen LogP contribution in [0.5, 0.6) is 0 Å². The molecule has 0 aliphatic heterocycles. The van der Waals surface area contributed by atoms with E-state index in [0.717, 1.165) is 22.4 Å². The number of hydrogen-bond donors (Lipinski definition) is 2. The zero-order valence-corrected chi connectivity index (χ0v) is 14.6. The van der Waals surface area contributed by atoms with Crippen molar-refractivity contribution in [1.29, 1.82) is 0 Å². The maximum absolute atomic E-state index is 12.0. The standard InChI is InChI=1S/C18H20N2O2S/c1-9-5-6-13-11(7-9)15-12(8-18(13,3)4)14(16(19)22)17(23-15)20-10(2)21/h5-7H,8H2,1-4H3,(H2,19,22)(H,20,21). The summed E-state index contributed by atoms with van der Waals surface area (Å²) in [6.45, 7) is 7.83. The molecule has 23 heavy (non-hydrogen) atoms. The zero-order valence-electron chi connectivity index (χ0n) is 13.7. The van der Waals surface area contributed by atoms with Gasteiger partial charge in [-0.2, -0.15) is 0 Å². The van der Waals surface area contributed by atoms with Crippen molar-refractivity contribution in [2.24, 2.45) is 5.73 Å². The summed E-state index contributed by atoms with van der Waals surface area (Å²) in [5.74, 6) is -0.687. The molecule has 0 fully saturated rings. The average Bonchev–Trinajstić information content (AvgIpc) is 2.74.